The second kappa shape index (κ2) is 7.71. The van der Waals surface area contributed by atoms with E-state index in [1.807, 2.05) is 13.8 Å². The largest absolute Gasteiger partial charge is 0.573 e. The molecule has 0 saturated heterocycles. The Balaban J connectivity index is 2.03. The van der Waals surface area contributed by atoms with Crippen LogP contribution in [0.4, 0.5) is 23.4 Å². The van der Waals surface area contributed by atoms with E-state index in [4.69, 9.17) is 0 Å². The van der Waals surface area contributed by atoms with Crippen LogP contribution in [0.5, 0.6) is 5.75 Å². The number of aliphatic hydroxyl groups is 1. The Hall–Kier alpha value is -2.95. The molecule has 0 amide bonds. The van der Waals surface area contributed by atoms with Crippen molar-refractivity contribution in [1.29, 1.82) is 0 Å². The average molecular weight is 427 g/mol. The zero-order valence-corrected chi connectivity index (χ0v) is 16.7. The first-order valence-electron chi connectivity index (χ1n) is 9.10. The predicted molar refractivity (Wildman–Crippen MR) is 101 cm³/mol. The summed E-state index contributed by atoms with van der Waals surface area (Å²) in [7, 11) is 0. The van der Waals surface area contributed by atoms with Gasteiger partial charge in [0.25, 0.3) is 5.78 Å². The molecule has 0 aliphatic heterocycles. The minimum Gasteiger partial charge on any atom is -0.406 e. The van der Waals surface area contributed by atoms with Crippen molar-refractivity contribution in [3.63, 3.8) is 0 Å². The molecule has 2 heterocycles. The van der Waals surface area contributed by atoms with Crippen molar-refractivity contribution in [2.24, 2.45) is 0 Å². The summed E-state index contributed by atoms with van der Waals surface area (Å²) < 4.78 is 57.1. The summed E-state index contributed by atoms with van der Waals surface area (Å²) in [6.07, 6.45) is -3.63. The zero-order chi connectivity index (χ0) is 22.3. The number of anilines is 1. The summed E-state index contributed by atoms with van der Waals surface area (Å²) >= 11 is 0. The predicted octanol–water partition coefficient (Wildman–Crippen LogP) is 4.21. The number of alkyl halides is 3. The molecule has 162 valence electrons. The van der Waals surface area contributed by atoms with Gasteiger partial charge in [-0.3, -0.25) is 0 Å². The summed E-state index contributed by atoms with van der Waals surface area (Å²) in [5.74, 6) is -0.897. The first-order valence-corrected chi connectivity index (χ1v) is 9.10. The molecule has 3 aromatic rings. The smallest absolute Gasteiger partial charge is 0.406 e. The van der Waals surface area contributed by atoms with Crippen LogP contribution in [0, 0.1) is 5.82 Å². The van der Waals surface area contributed by atoms with Gasteiger partial charge in [-0.2, -0.15) is 14.6 Å². The fraction of sp³-hybridized carbons (Fsp3) is 0.421. The summed E-state index contributed by atoms with van der Waals surface area (Å²) in [5.41, 5.74) is -0.850. The van der Waals surface area contributed by atoms with E-state index in [2.05, 4.69) is 25.1 Å². The average Bonchev–Trinajstić information content (AvgIpc) is 3.06. The molecule has 1 aromatic carbocycles. The molecule has 1 atom stereocenters. The van der Waals surface area contributed by atoms with Gasteiger partial charge in [-0.05, 0) is 25.8 Å². The first kappa shape index (κ1) is 21.8. The molecule has 2 N–H and O–H groups in total. The molecular weight excluding hydrogens is 406 g/mol. The minimum absolute atomic E-state index is 0.0480. The van der Waals surface area contributed by atoms with E-state index in [1.54, 1.807) is 6.07 Å². The van der Waals surface area contributed by atoms with Gasteiger partial charge in [0.05, 0.1) is 17.3 Å². The molecule has 0 fully saturated rings. The molecular formula is C19H21F4N5O2. The van der Waals surface area contributed by atoms with Crippen LogP contribution in [0.3, 0.4) is 0 Å². The normalized spacial score (nSPS) is 13.7. The van der Waals surface area contributed by atoms with Gasteiger partial charge in [-0.25, -0.2) is 9.37 Å². The zero-order valence-electron chi connectivity index (χ0n) is 16.7. The number of fused-ring (bicyclic) bond motifs is 1. The molecule has 0 radical (unpaired) electrons. The van der Waals surface area contributed by atoms with Crippen LogP contribution >= 0.6 is 0 Å². The Morgan fingerprint density at radius 3 is 2.43 bits per heavy atom. The molecule has 0 bridgehead atoms. The van der Waals surface area contributed by atoms with Crippen LogP contribution in [0.25, 0.3) is 5.78 Å². The number of halogens is 4. The standard InChI is InChI=1S/C19H21F4N5O2/c1-10(2)14-8-15(28-17(26-14)24-9-25-28)27-16(18(3,4)29)12-6-5-11(7-13(12)20)30-19(21,22)23/h5-10,16,27,29H,1-4H3/t16-/m1/s1. The molecule has 7 nitrogen and oxygen atoms in total. The van der Waals surface area contributed by atoms with Gasteiger partial charge in [-0.1, -0.05) is 19.9 Å². The van der Waals surface area contributed by atoms with Gasteiger partial charge < -0.3 is 15.2 Å². The van der Waals surface area contributed by atoms with Gasteiger partial charge in [0.1, 0.15) is 23.7 Å². The second-order valence-corrected chi connectivity index (χ2v) is 7.65. The Labute approximate surface area is 169 Å². The number of ether oxygens (including phenoxy) is 1. The number of hydrogen-bond donors (Lipinski definition) is 2. The lowest BCUT2D eigenvalue weighted by atomic mass is 9.91. The van der Waals surface area contributed by atoms with E-state index >= 15 is 0 Å². The SMILES string of the molecule is CC(C)c1cc(N[C@H](c2ccc(OC(F)(F)F)cc2F)C(C)(C)O)n2ncnc2n1. The van der Waals surface area contributed by atoms with Crippen molar-refractivity contribution in [2.45, 2.75) is 51.6 Å². The quantitative estimate of drug-likeness (QED) is 0.574. The lowest BCUT2D eigenvalue weighted by Gasteiger charge is -2.32. The third-order valence-corrected chi connectivity index (χ3v) is 4.38. The van der Waals surface area contributed by atoms with E-state index in [-0.39, 0.29) is 11.5 Å². The lowest BCUT2D eigenvalue weighted by Crippen LogP contribution is -2.35. The second-order valence-electron chi connectivity index (χ2n) is 7.65. The Bertz CT molecular complexity index is 1040. The van der Waals surface area contributed by atoms with Gasteiger partial charge in [0.15, 0.2) is 0 Å². The van der Waals surface area contributed by atoms with E-state index in [9.17, 15) is 22.7 Å². The number of benzene rings is 1. The highest BCUT2D eigenvalue weighted by Crippen LogP contribution is 2.34. The van der Waals surface area contributed by atoms with E-state index in [0.29, 0.717) is 23.4 Å². The fourth-order valence-electron chi connectivity index (χ4n) is 2.95. The molecule has 2 aromatic heterocycles. The van der Waals surface area contributed by atoms with Crippen molar-refractivity contribution in [2.75, 3.05) is 5.32 Å². The molecule has 0 saturated carbocycles. The maximum Gasteiger partial charge on any atom is 0.573 e. The van der Waals surface area contributed by atoms with Crippen LogP contribution in [0.1, 0.15) is 50.9 Å². The summed E-state index contributed by atoms with van der Waals surface area (Å²) in [4.78, 5) is 8.46. The number of nitrogens with zero attached hydrogens (tertiary/aromatic N) is 4. The van der Waals surface area contributed by atoms with Crippen molar-refractivity contribution in [3.05, 3.63) is 47.7 Å². The maximum absolute atomic E-state index is 14.7. The number of rotatable bonds is 6. The van der Waals surface area contributed by atoms with Crippen molar-refractivity contribution < 1.29 is 27.4 Å². The molecule has 30 heavy (non-hydrogen) atoms. The Morgan fingerprint density at radius 1 is 1.17 bits per heavy atom. The molecule has 0 aliphatic carbocycles. The number of nitrogens with one attached hydrogen (secondary N) is 1. The van der Waals surface area contributed by atoms with Crippen molar-refractivity contribution in [3.8, 4) is 5.75 Å². The van der Waals surface area contributed by atoms with Gasteiger partial charge in [0, 0.05) is 17.7 Å². The Kier molecular flexibility index (Phi) is 5.59. The first-order chi connectivity index (χ1) is 13.8. The third kappa shape index (κ3) is 4.78. The van der Waals surface area contributed by atoms with E-state index in [0.717, 1.165) is 12.1 Å². The highest BCUT2D eigenvalue weighted by molar-refractivity contribution is 5.48. The van der Waals surface area contributed by atoms with Gasteiger partial charge >= 0.3 is 6.36 Å². The molecule has 11 heteroatoms. The van der Waals surface area contributed by atoms with Crippen molar-refractivity contribution >= 4 is 11.6 Å². The van der Waals surface area contributed by atoms with Crippen LogP contribution < -0.4 is 10.1 Å². The fourth-order valence-corrected chi connectivity index (χ4v) is 2.95. The molecule has 0 spiro atoms. The summed E-state index contributed by atoms with van der Waals surface area (Å²) in [5, 5.41) is 17.8. The van der Waals surface area contributed by atoms with Gasteiger partial charge in [-0.15, -0.1) is 13.2 Å². The Morgan fingerprint density at radius 2 is 1.87 bits per heavy atom. The monoisotopic (exact) mass is 427 g/mol. The van der Waals surface area contributed by atoms with Crippen LogP contribution in [-0.2, 0) is 0 Å². The van der Waals surface area contributed by atoms with Crippen molar-refractivity contribution in [1.82, 2.24) is 19.6 Å². The minimum atomic E-state index is -4.94. The summed E-state index contributed by atoms with van der Waals surface area (Å²) in [6, 6.07) is 3.41. The van der Waals surface area contributed by atoms with E-state index in [1.165, 1.54) is 24.7 Å². The van der Waals surface area contributed by atoms with Crippen LogP contribution in [-0.4, -0.2) is 36.7 Å². The third-order valence-electron chi connectivity index (χ3n) is 4.38. The molecule has 0 aliphatic rings. The molecule has 0 unspecified atom stereocenters. The maximum atomic E-state index is 14.7. The van der Waals surface area contributed by atoms with Crippen LogP contribution in [0.15, 0.2) is 30.6 Å². The lowest BCUT2D eigenvalue weighted by molar-refractivity contribution is -0.274. The summed E-state index contributed by atoms with van der Waals surface area (Å²) in [6.45, 7) is 6.78. The number of hydrogen-bond acceptors (Lipinski definition) is 6. The van der Waals surface area contributed by atoms with Gasteiger partial charge in [0.2, 0.25) is 0 Å². The van der Waals surface area contributed by atoms with E-state index < -0.39 is 29.6 Å². The highest BCUT2D eigenvalue weighted by atomic mass is 19.4. The number of aromatic nitrogens is 4. The van der Waals surface area contributed by atoms with Crippen LogP contribution in [0.2, 0.25) is 0 Å². The molecule has 3 rings (SSSR count). The topological polar surface area (TPSA) is 84.6 Å². The highest BCUT2D eigenvalue weighted by Gasteiger charge is 2.34.